The average Bonchev–Trinajstić information content (AvgIpc) is 3.69. The minimum Gasteiger partial charge on any atom is -0.252 e. The fraction of sp³-hybridized carbons (Fsp3) is 0.0612. The summed E-state index contributed by atoms with van der Waals surface area (Å²) in [6.07, 6.45) is 1.93. The SMILES string of the molecule is CC1(C)c2cc(-c3cccc(-c4cnc5c6ccccc6c6ccccc6c5n4)c3)ccc2-c2ccc(-c3cccc4c3sc3ccccc34)cc21. The summed E-state index contributed by atoms with van der Waals surface area (Å²) in [4.78, 5) is 10.3. The first-order valence-corrected chi connectivity index (χ1v) is 18.7. The number of nitrogens with zero attached hydrogens (tertiary/aromatic N) is 2. The third-order valence-electron chi connectivity index (χ3n) is 11.3. The minimum atomic E-state index is -0.143. The second-order valence-corrected chi connectivity index (χ2v) is 15.6. The molecule has 0 saturated carbocycles. The second-order valence-electron chi connectivity index (χ2n) is 14.6. The number of benzene rings is 8. The first-order valence-electron chi connectivity index (χ1n) is 17.9. The number of hydrogen-bond donors (Lipinski definition) is 0. The molecule has 0 bridgehead atoms. The van der Waals surface area contributed by atoms with Gasteiger partial charge in [0, 0.05) is 41.9 Å². The topological polar surface area (TPSA) is 25.8 Å². The average molecular weight is 681 g/mol. The van der Waals surface area contributed by atoms with Crippen molar-refractivity contribution in [1.82, 2.24) is 9.97 Å². The van der Waals surface area contributed by atoms with E-state index >= 15 is 0 Å². The van der Waals surface area contributed by atoms with E-state index in [4.69, 9.17) is 9.97 Å². The molecule has 0 unspecified atom stereocenters. The van der Waals surface area contributed by atoms with Crippen molar-refractivity contribution < 1.29 is 0 Å². The molecule has 52 heavy (non-hydrogen) atoms. The van der Waals surface area contributed by atoms with E-state index in [-0.39, 0.29) is 5.41 Å². The fourth-order valence-corrected chi connectivity index (χ4v) is 9.92. The molecule has 1 aliphatic rings. The standard InChI is InChI=1S/C49H32N2S/c1-49(2)42-26-30(21-23-36(42)37-24-22-31(27-43(37)49)33-18-10-19-41-38-15-7-8-20-45(38)52-48(33)41)29-11-9-12-32(25-29)44-28-50-46-39-16-5-3-13-34(39)35-14-4-6-17-40(35)47(46)51-44/h3-28H,1-2H3. The van der Waals surface area contributed by atoms with Crippen LogP contribution in [0.4, 0.5) is 0 Å². The van der Waals surface area contributed by atoms with Crippen molar-refractivity contribution in [3.05, 3.63) is 169 Å². The van der Waals surface area contributed by atoms with Gasteiger partial charge in [-0.15, -0.1) is 11.3 Å². The predicted molar refractivity (Wildman–Crippen MR) is 221 cm³/mol. The highest BCUT2D eigenvalue weighted by Crippen LogP contribution is 2.51. The maximum atomic E-state index is 5.27. The van der Waals surface area contributed by atoms with Gasteiger partial charge in [0.05, 0.1) is 22.9 Å². The maximum Gasteiger partial charge on any atom is 0.0979 e. The Kier molecular flexibility index (Phi) is 6.21. The number of rotatable bonds is 3. The van der Waals surface area contributed by atoms with Gasteiger partial charge in [-0.05, 0) is 79.5 Å². The summed E-state index contributed by atoms with van der Waals surface area (Å²) in [6.45, 7) is 4.75. The van der Waals surface area contributed by atoms with Crippen molar-refractivity contribution >= 4 is 64.1 Å². The monoisotopic (exact) mass is 680 g/mol. The summed E-state index contributed by atoms with van der Waals surface area (Å²) < 4.78 is 2.70. The lowest BCUT2D eigenvalue weighted by Crippen LogP contribution is -2.15. The first kappa shape index (κ1) is 29.6. The van der Waals surface area contributed by atoms with Gasteiger partial charge in [-0.25, -0.2) is 4.98 Å². The molecule has 0 amide bonds. The molecule has 244 valence electrons. The molecule has 3 heteroatoms. The molecule has 0 spiro atoms. The Balaban J connectivity index is 0.986. The zero-order valence-corrected chi connectivity index (χ0v) is 29.6. The van der Waals surface area contributed by atoms with Gasteiger partial charge in [0.1, 0.15) is 0 Å². The molecular formula is C49H32N2S. The number of aromatic nitrogens is 2. The van der Waals surface area contributed by atoms with E-state index in [2.05, 4.69) is 166 Å². The van der Waals surface area contributed by atoms with Crippen LogP contribution in [0.15, 0.2) is 158 Å². The molecule has 0 fully saturated rings. The van der Waals surface area contributed by atoms with Crippen LogP contribution in [0.3, 0.4) is 0 Å². The minimum absolute atomic E-state index is 0.143. The Hall–Kier alpha value is -6.16. The van der Waals surface area contributed by atoms with Gasteiger partial charge in [-0.1, -0.05) is 141 Å². The number of fused-ring (bicyclic) bond motifs is 12. The lowest BCUT2D eigenvalue weighted by Gasteiger charge is -2.23. The van der Waals surface area contributed by atoms with E-state index in [0.717, 1.165) is 33.1 Å². The Morgan fingerprint density at radius 1 is 0.442 bits per heavy atom. The lowest BCUT2D eigenvalue weighted by molar-refractivity contribution is 0.661. The van der Waals surface area contributed by atoms with Crippen LogP contribution in [0.25, 0.3) is 97.4 Å². The van der Waals surface area contributed by atoms with E-state index in [1.807, 2.05) is 17.5 Å². The summed E-state index contributed by atoms with van der Waals surface area (Å²) >= 11 is 1.90. The van der Waals surface area contributed by atoms with Gasteiger partial charge in [0.2, 0.25) is 0 Å². The molecule has 11 rings (SSSR count). The molecule has 0 radical (unpaired) electrons. The second kappa shape index (κ2) is 10.9. The van der Waals surface area contributed by atoms with Crippen molar-refractivity contribution in [3.8, 4) is 44.6 Å². The Morgan fingerprint density at radius 3 is 1.79 bits per heavy atom. The van der Waals surface area contributed by atoms with Crippen LogP contribution >= 0.6 is 11.3 Å². The number of thiophene rings is 1. The molecule has 0 N–H and O–H groups in total. The maximum absolute atomic E-state index is 5.27. The van der Waals surface area contributed by atoms with Gasteiger partial charge < -0.3 is 0 Å². The van der Waals surface area contributed by atoms with Gasteiger partial charge in [-0.2, -0.15) is 0 Å². The Labute approximate surface area is 305 Å². The molecule has 2 aromatic heterocycles. The van der Waals surface area contributed by atoms with E-state index in [9.17, 15) is 0 Å². The fourth-order valence-electron chi connectivity index (χ4n) is 8.68. The lowest BCUT2D eigenvalue weighted by atomic mass is 9.80. The summed E-state index contributed by atoms with van der Waals surface area (Å²) in [7, 11) is 0. The molecule has 8 aromatic carbocycles. The van der Waals surface area contributed by atoms with Crippen LogP contribution in [-0.2, 0) is 5.41 Å². The summed E-state index contributed by atoms with van der Waals surface area (Å²) in [5, 5.41) is 7.35. The molecular weight excluding hydrogens is 649 g/mol. The largest absolute Gasteiger partial charge is 0.252 e. The quantitative estimate of drug-likeness (QED) is 0.174. The Morgan fingerprint density at radius 2 is 1.02 bits per heavy atom. The van der Waals surface area contributed by atoms with Gasteiger partial charge in [0.15, 0.2) is 0 Å². The zero-order chi connectivity index (χ0) is 34.6. The normalized spacial score (nSPS) is 13.3. The molecule has 0 saturated heterocycles. The van der Waals surface area contributed by atoms with E-state index < -0.39 is 0 Å². The van der Waals surface area contributed by atoms with Crippen LogP contribution in [0.5, 0.6) is 0 Å². The smallest absolute Gasteiger partial charge is 0.0979 e. The van der Waals surface area contributed by atoms with Crippen molar-refractivity contribution in [3.63, 3.8) is 0 Å². The molecule has 2 nitrogen and oxygen atoms in total. The van der Waals surface area contributed by atoms with Crippen molar-refractivity contribution in [1.29, 1.82) is 0 Å². The van der Waals surface area contributed by atoms with Crippen LogP contribution in [0, 0.1) is 0 Å². The van der Waals surface area contributed by atoms with Crippen LogP contribution < -0.4 is 0 Å². The van der Waals surface area contributed by atoms with E-state index in [1.165, 1.54) is 75.5 Å². The molecule has 10 aromatic rings. The molecule has 0 atom stereocenters. The van der Waals surface area contributed by atoms with E-state index in [1.54, 1.807) is 0 Å². The van der Waals surface area contributed by atoms with Gasteiger partial charge in [-0.3, -0.25) is 4.98 Å². The number of hydrogen-bond acceptors (Lipinski definition) is 3. The van der Waals surface area contributed by atoms with E-state index in [0.29, 0.717) is 0 Å². The highest BCUT2D eigenvalue weighted by atomic mass is 32.1. The van der Waals surface area contributed by atoms with Gasteiger partial charge in [0.25, 0.3) is 0 Å². The summed E-state index contributed by atoms with van der Waals surface area (Å²) in [5.41, 5.74) is 14.1. The van der Waals surface area contributed by atoms with Crippen LogP contribution in [0.1, 0.15) is 25.0 Å². The van der Waals surface area contributed by atoms with Crippen LogP contribution in [-0.4, -0.2) is 9.97 Å². The third-order valence-corrected chi connectivity index (χ3v) is 12.5. The summed E-state index contributed by atoms with van der Waals surface area (Å²) in [5.74, 6) is 0. The van der Waals surface area contributed by atoms with Gasteiger partial charge >= 0.3 is 0 Å². The third kappa shape index (κ3) is 4.23. The molecule has 0 aliphatic heterocycles. The molecule has 2 heterocycles. The van der Waals surface area contributed by atoms with Crippen molar-refractivity contribution in [2.45, 2.75) is 19.3 Å². The zero-order valence-electron chi connectivity index (χ0n) is 28.8. The summed E-state index contributed by atoms with van der Waals surface area (Å²) in [6, 6.07) is 55.4. The van der Waals surface area contributed by atoms with Crippen LogP contribution in [0.2, 0.25) is 0 Å². The molecule has 1 aliphatic carbocycles. The highest BCUT2D eigenvalue weighted by Gasteiger charge is 2.36. The Bertz CT molecular complexity index is 3080. The van der Waals surface area contributed by atoms with Crippen molar-refractivity contribution in [2.75, 3.05) is 0 Å². The predicted octanol–water partition coefficient (Wildman–Crippen LogP) is 13.6. The first-order chi connectivity index (χ1) is 25.5. The highest BCUT2D eigenvalue weighted by molar-refractivity contribution is 7.26. The van der Waals surface area contributed by atoms with Crippen molar-refractivity contribution in [2.24, 2.45) is 0 Å².